The lowest BCUT2D eigenvalue weighted by Gasteiger charge is -2.03. The zero-order valence-corrected chi connectivity index (χ0v) is 8.87. The molecule has 2 rings (SSSR count). The van der Waals surface area contributed by atoms with Gasteiger partial charge in [0, 0.05) is 30.4 Å². The number of carboxylic acid groups (broad SMARTS) is 1. The minimum absolute atomic E-state index is 0.200. The highest BCUT2D eigenvalue weighted by Gasteiger charge is 2.01. The molecule has 0 radical (unpaired) electrons. The van der Waals surface area contributed by atoms with Crippen LogP contribution >= 0.6 is 0 Å². The molecule has 2 aromatic heterocycles. The molecular formula is C11H10N4O2. The maximum Gasteiger partial charge on any atom is 0.322 e. The van der Waals surface area contributed by atoms with E-state index in [0.29, 0.717) is 5.95 Å². The molecule has 2 aromatic rings. The van der Waals surface area contributed by atoms with Gasteiger partial charge in [0.05, 0.1) is 0 Å². The van der Waals surface area contributed by atoms with Crippen LogP contribution < -0.4 is 5.32 Å². The summed E-state index contributed by atoms with van der Waals surface area (Å²) in [7, 11) is 0. The van der Waals surface area contributed by atoms with Gasteiger partial charge in [-0.1, -0.05) is 0 Å². The Bertz CT molecular complexity index is 499. The van der Waals surface area contributed by atoms with Crippen molar-refractivity contribution in [3.63, 3.8) is 0 Å². The zero-order valence-electron chi connectivity index (χ0n) is 8.87. The summed E-state index contributed by atoms with van der Waals surface area (Å²) in [5.74, 6) is -0.656. The fraction of sp³-hybridized carbons (Fsp3) is 0.0909. The average molecular weight is 230 g/mol. The Kier molecular flexibility index (Phi) is 3.25. The molecule has 0 aromatic carbocycles. The Morgan fingerprint density at radius 2 is 1.82 bits per heavy atom. The Balaban J connectivity index is 2.11. The number of aromatic nitrogens is 3. The van der Waals surface area contributed by atoms with Gasteiger partial charge >= 0.3 is 5.97 Å². The van der Waals surface area contributed by atoms with Gasteiger partial charge in [0.1, 0.15) is 6.54 Å². The molecular weight excluding hydrogens is 220 g/mol. The third kappa shape index (κ3) is 2.97. The van der Waals surface area contributed by atoms with Gasteiger partial charge in [0.25, 0.3) is 0 Å². The number of hydrogen-bond donors (Lipinski definition) is 2. The largest absolute Gasteiger partial charge is 0.480 e. The van der Waals surface area contributed by atoms with E-state index < -0.39 is 5.97 Å². The lowest BCUT2D eigenvalue weighted by molar-refractivity contribution is -0.134. The van der Waals surface area contributed by atoms with Gasteiger partial charge in [0.2, 0.25) is 5.95 Å². The second-order valence-corrected chi connectivity index (χ2v) is 3.28. The molecule has 0 saturated carbocycles. The second-order valence-electron chi connectivity index (χ2n) is 3.28. The minimum atomic E-state index is -0.952. The molecule has 2 N–H and O–H groups in total. The van der Waals surface area contributed by atoms with Crippen LogP contribution in [0.25, 0.3) is 11.1 Å². The van der Waals surface area contributed by atoms with Gasteiger partial charge in [-0.05, 0) is 17.7 Å². The van der Waals surface area contributed by atoms with Crippen molar-refractivity contribution >= 4 is 11.9 Å². The third-order valence-electron chi connectivity index (χ3n) is 2.06. The number of nitrogens with zero attached hydrogens (tertiary/aromatic N) is 3. The summed E-state index contributed by atoms with van der Waals surface area (Å²) < 4.78 is 0. The van der Waals surface area contributed by atoms with Gasteiger partial charge in [-0.25, -0.2) is 9.97 Å². The van der Waals surface area contributed by atoms with E-state index in [4.69, 9.17) is 5.11 Å². The quantitative estimate of drug-likeness (QED) is 0.815. The first-order valence-corrected chi connectivity index (χ1v) is 4.94. The molecule has 6 heteroatoms. The first-order valence-electron chi connectivity index (χ1n) is 4.94. The molecule has 0 saturated heterocycles. The van der Waals surface area contributed by atoms with Crippen molar-refractivity contribution in [3.8, 4) is 11.1 Å². The van der Waals surface area contributed by atoms with Crippen LogP contribution in [-0.2, 0) is 4.79 Å². The SMILES string of the molecule is O=C(O)CNc1ncc(-c2ccncc2)cn1. The Labute approximate surface area is 97.4 Å². The molecule has 6 nitrogen and oxygen atoms in total. The maximum atomic E-state index is 10.3. The van der Waals surface area contributed by atoms with Crippen molar-refractivity contribution in [2.45, 2.75) is 0 Å². The number of anilines is 1. The first-order chi connectivity index (χ1) is 8.25. The third-order valence-corrected chi connectivity index (χ3v) is 2.06. The summed E-state index contributed by atoms with van der Waals surface area (Å²) in [5.41, 5.74) is 1.82. The lowest BCUT2D eigenvalue weighted by Crippen LogP contribution is -2.14. The Hall–Kier alpha value is -2.50. The molecule has 0 aliphatic carbocycles. The Morgan fingerprint density at radius 3 is 2.41 bits per heavy atom. The molecule has 0 amide bonds. The molecule has 86 valence electrons. The van der Waals surface area contributed by atoms with Gasteiger partial charge in [0.15, 0.2) is 0 Å². The van der Waals surface area contributed by atoms with Gasteiger partial charge < -0.3 is 10.4 Å². The number of hydrogen-bond acceptors (Lipinski definition) is 5. The van der Waals surface area contributed by atoms with Crippen LogP contribution in [0.2, 0.25) is 0 Å². The summed E-state index contributed by atoms with van der Waals surface area (Å²) >= 11 is 0. The van der Waals surface area contributed by atoms with E-state index in [1.807, 2.05) is 12.1 Å². The van der Waals surface area contributed by atoms with Gasteiger partial charge in [-0.15, -0.1) is 0 Å². The summed E-state index contributed by atoms with van der Waals surface area (Å²) in [6, 6.07) is 3.70. The molecule has 17 heavy (non-hydrogen) atoms. The summed E-state index contributed by atoms with van der Waals surface area (Å²) in [4.78, 5) is 22.3. The molecule has 0 atom stereocenters. The highest BCUT2D eigenvalue weighted by Crippen LogP contribution is 2.16. The average Bonchev–Trinajstić information content (AvgIpc) is 2.38. The predicted molar refractivity (Wildman–Crippen MR) is 61.4 cm³/mol. The topological polar surface area (TPSA) is 88.0 Å². The number of carbonyl (C=O) groups is 1. The standard InChI is InChI=1S/C11H10N4O2/c16-10(17)7-15-11-13-5-9(6-14-11)8-1-3-12-4-2-8/h1-6H,7H2,(H,16,17)(H,13,14,15). The van der Waals surface area contributed by atoms with Crippen LogP contribution in [0.5, 0.6) is 0 Å². The number of nitrogens with one attached hydrogen (secondary N) is 1. The number of rotatable bonds is 4. The minimum Gasteiger partial charge on any atom is -0.480 e. The predicted octanol–water partition coefficient (Wildman–Crippen LogP) is 1.04. The summed E-state index contributed by atoms with van der Waals surface area (Å²) in [6.07, 6.45) is 6.64. The van der Waals surface area contributed by atoms with Gasteiger partial charge in [-0.3, -0.25) is 9.78 Å². The second kappa shape index (κ2) is 5.02. The van der Waals surface area contributed by atoms with Crippen molar-refractivity contribution in [2.75, 3.05) is 11.9 Å². The molecule has 0 fully saturated rings. The lowest BCUT2D eigenvalue weighted by atomic mass is 10.1. The zero-order chi connectivity index (χ0) is 12.1. The number of pyridine rings is 1. The highest BCUT2D eigenvalue weighted by atomic mass is 16.4. The van der Waals surface area contributed by atoms with Crippen LogP contribution in [0.4, 0.5) is 5.95 Å². The monoisotopic (exact) mass is 230 g/mol. The van der Waals surface area contributed by atoms with Crippen molar-refractivity contribution in [1.82, 2.24) is 15.0 Å². The van der Waals surface area contributed by atoms with Crippen LogP contribution in [0.1, 0.15) is 0 Å². The molecule has 0 spiro atoms. The van der Waals surface area contributed by atoms with Crippen LogP contribution in [0.15, 0.2) is 36.9 Å². The maximum absolute atomic E-state index is 10.3. The summed E-state index contributed by atoms with van der Waals surface area (Å²) in [5, 5.41) is 11.1. The number of carboxylic acids is 1. The smallest absolute Gasteiger partial charge is 0.322 e. The van der Waals surface area contributed by atoms with E-state index in [-0.39, 0.29) is 6.54 Å². The molecule has 0 aliphatic heterocycles. The molecule has 0 bridgehead atoms. The molecule has 0 aliphatic rings. The van der Waals surface area contributed by atoms with E-state index in [9.17, 15) is 4.79 Å². The summed E-state index contributed by atoms with van der Waals surface area (Å²) in [6.45, 7) is -0.200. The van der Waals surface area contributed by atoms with Crippen molar-refractivity contribution < 1.29 is 9.90 Å². The molecule has 0 unspecified atom stereocenters. The van der Waals surface area contributed by atoms with Crippen molar-refractivity contribution in [3.05, 3.63) is 36.9 Å². The van der Waals surface area contributed by atoms with Crippen LogP contribution in [-0.4, -0.2) is 32.6 Å². The van der Waals surface area contributed by atoms with E-state index in [1.165, 1.54) is 0 Å². The van der Waals surface area contributed by atoms with Crippen LogP contribution in [0, 0.1) is 0 Å². The normalized spacial score (nSPS) is 9.88. The van der Waals surface area contributed by atoms with Gasteiger partial charge in [-0.2, -0.15) is 0 Å². The fourth-order valence-electron chi connectivity index (χ4n) is 1.27. The van der Waals surface area contributed by atoms with E-state index in [0.717, 1.165) is 11.1 Å². The van der Waals surface area contributed by atoms with E-state index in [1.54, 1.807) is 24.8 Å². The number of aliphatic carboxylic acids is 1. The fourth-order valence-corrected chi connectivity index (χ4v) is 1.27. The van der Waals surface area contributed by atoms with Crippen LogP contribution in [0.3, 0.4) is 0 Å². The highest BCUT2D eigenvalue weighted by molar-refractivity contribution is 5.72. The first kappa shape index (κ1) is 11.0. The van der Waals surface area contributed by atoms with E-state index in [2.05, 4.69) is 20.3 Å². The van der Waals surface area contributed by atoms with E-state index >= 15 is 0 Å². The van der Waals surface area contributed by atoms with Crippen molar-refractivity contribution in [1.29, 1.82) is 0 Å². The van der Waals surface area contributed by atoms with Crippen molar-refractivity contribution in [2.24, 2.45) is 0 Å². The molecule has 2 heterocycles. The Morgan fingerprint density at radius 1 is 1.18 bits per heavy atom.